The molecule has 2 fully saturated rings. The Hall–Kier alpha value is -0.610. The van der Waals surface area contributed by atoms with Crippen LogP contribution in [0.25, 0.3) is 0 Å². The molecule has 2 aliphatic rings. The number of hydrogen-bond acceptors (Lipinski definition) is 4. The number of carbonyl (C=O) groups excluding carboxylic acids is 1. The fraction of sp³-hybridized carbons (Fsp3) is 0.933. The van der Waals surface area contributed by atoms with Crippen molar-refractivity contribution in [2.45, 2.75) is 51.6 Å². The average molecular weight is 269 g/mol. The molecule has 0 spiro atoms. The van der Waals surface area contributed by atoms with Gasteiger partial charge in [-0.25, -0.2) is 0 Å². The zero-order chi connectivity index (χ0) is 13.7. The van der Waals surface area contributed by atoms with Gasteiger partial charge in [0.25, 0.3) is 0 Å². The number of ether oxygens (including phenoxy) is 2. The van der Waals surface area contributed by atoms with Gasteiger partial charge in [0.05, 0.1) is 19.1 Å². The number of carbonyl (C=O) groups is 1. The molecule has 1 heterocycles. The minimum atomic E-state index is -0.239. The Bertz CT molecular complexity index is 292. The maximum atomic E-state index is 12.0. The van der Waals surface area contributed by atoms with E-state index in [0.717, 1.165) is 45.7 Å². The predicted molar refractivity (Wildman–Crippen MR) is 74.0 cm³/mol. The third kappa shape index (κ3) is 4.18. The van der Waals surface area contributed by atoms with E-state index in [9.17, 15) is 4.79 Å². The van der Waals surface area contributed by atoms with Crippen LogP contribution in [0.4, 0.5) is 0 Å². The smallest absolute Gasteiger partial charge is 0.308 e. The van der Waals surface area contributed by atoms with Gasteiger partial charge in [0.15, 0.2) is 0 Å². The van der Waals surface area contributed by atoms with Crippen molar-refractivity contribution in [1.82, 2.24) is 4.90 Å². The summed E-state index contributed by atoms with van der Waals surface area (Å²) in [6.45, 7) is 8.22. The molecular weight excluding hydrogens is 242 g/mol. The van der Waals surface area contributed by atoms with Crippen LogP contribution in [0, 0.1) is 5.92 Å². The predicted octanol–water partition coefficient (Wildman–Crippen LogP) is 2.22. The molecule has 0 aromatic carbocycles. The van der Waals surface area contributed by atoms with Crippen LogP contribution in [-0.2, 0) is 14.3 Å². The van der Waals surface area contributed by atoms with E-state index in [1.807, 2.05) is 13.8 Å². The number of nitrogens with zero attached hydrogens (tertiary/aromatic N) is 1. The van der Waals surface area contributed by atoms with E-state index < -0.39 is 0 Å². The Morgan fingerprint density at radius 1 is 1.21 bits per heavy atom. The van der Waals surface area contributed by atoms with Crippen LogP contribution in [0.2, 0.25) is 0 Å². The number of esters is 1. The molecule has 1 aliphatic heterocycles. The van der Waals surface area contributed by atoms with Crippen molar-refractivity contribution in [3.05, 3.63) is 0 Å². The largest absolute Gasteiger partial charge is 0.458 e. The molecule has 4 nitrogen and oxygen atoms in total. The number of morpholine rings is 1. The molecule has 0 atom stereocenters. The second kappa shape index (κ2) is 6.71. The van der Waals surface area contributed by atoms with Crippen molar-refractivity contribution in [2.24, 2.45) is 5.92 Å². The van der Waals surface area contributed by atoms with Crippen molar-refractivity contribution >= 4 is 5.97 Å². The first-order chi connectivity index (χ1) is 9.11. The molecule has 2 rings (SSSR count). The first kappa shape index (κ1) is 14.8. The molecule has 4 heteroatoms. The average Bonchev–Trinajstić information content (AvgIpc) is 2.40. The SMILES string of the molecule is CC(C)C(=O)OC1(CN2CCOCC2)CCCCC1. The fourth-order valence-corrected chi connectivity index (χ4v) is 2.99. The van der Waals surface area contributed by atoms with Gasteiger partial charge < -0.3 is 9.47 Å². The molecule has 1 saturated heterocycles. The standard InChI is InChI=1S/C15H27NO3/c1-13(2)14(17)19-15(6-4-3-5-7-15)12-16-8-10-18-11-9-16/h13H,3-12H2,1-2H3. The summed E-state index contributed by atoms with van der Waals surface area (Å²) in [5.41, 5.74) is -0.239. The third-order valence-corrected chi connectivity index (χ3v) is 4.17. The van der Waals surface area contributed by atoms with Crippen molar-refractivity contribution in [3.8, 4) is 0 Å². The Morgan fingerprint density at radius 3 is 2.42 bits per heavy atom. The molecule has 19 heavy (non-hydrogen) atoms. The molecule has 0 aromatic heterocycles. The highest BCUT2D eigenvalue weighted by Crippen LogP contribution is 2.33. The van der Waals surface area contributed by atoms with E-state index in [-0.39, 0.29) is 17.5 Å². The van der Waals surface area contributed by atoms with Gasteiger partial charge in [-0.15, -0.1) is 0 Å². The summed E-state index contributed by atoms with van der Waals surface area (Å²) in [5.74, 6) is -0.0846. The van der Waals surface area contributed by atoms with Crippen LogP contribution in [0.3, 0.4) is 0 Å². The fourth-order valence-electron chi connectivity index (χ4n) is 2.99. The summed E-state index contributed by atoms with van der Waals surface area (Å²) < 4.78 is 11.3. The summed E-state index contributed by atoms with van der Waals surface area (Å²) in [7, 11) is 0. The number of hydrogen-bond donors (Lipinski definition) is 0. The molecule has 0 aromatic rings. The van der Waals surface area contributed by atoms with Crippen LogP contribution in [0.15, 0.2) is 0 Å². The van der Waals surface area contributed by atoms with Crippen molar-refractivity contribution in [2.75, 3.05) is 32.8 Å². The molecular formula is C15H27NO3. The quantitative estimate of drug-likeness (QED) is 0.734. The molecule has 0 bridgehead atoms. The lowest BCUT2D eigenvalue weighted by Crippen LogP contribution is -2.51. The normalized spacial score (nSPS) is 24.4. The molecule has 0 N–H and O–H groups in total. The van der Waals surface area contributed by atoms with E-state index in [1.165, 1.54) is 19.3 Å². The summed E-state index contributed by atoms with van der Waals surface area (Å²) in [6.07, 6.45) is 5.65. The van der Waals surface area contributed by atoms with Gasteiger partial charge in [-0.3, -0.25) is 9.69 Å². The van der Waals surface area contributed by atoms with Crippen molar-refractivity contribution in [1.29, 1.82) is 0 Å². The maximum Gasteiger partial charge on any atom is 0.308 e. The van der Waals surface area contributed by atoms with E-state index in [1.54, 1.807) is 0 Å². The molecule has 1 aliphatic carbocycles. The van der Waals surface area contributed by atoms with Crippen LogP contribution in [-0.4, -0.2) is 49.3 Å². The highest BCUT2D eigenvalue weighted by atomic mass is 16.6. The van der Waals surface area contributed by atoms with Gasteiger partial charge >= 0.3 is 5.97 Å². The first-order valence-electron chi connectivity index (χ1n) is 7.64. The molecule has 0 unspecified atom stereocenters. The lowest BCUT2D eigenvalue weighted by atomic mass is 9.84. The summed E-state index contributed by atoms with van der Waals surface area (Å²) in [6, 6.07) is 0. The van der Waals surface area contributed by atoms with Crippen LogP contribution >= 0.6 is 0 Å². The van der Waals surface area contributed by atoms with Gasteiger partial charge in [0, 0.05) is 19.6 Å². The van der Waals surface area contributed by atoms with Gasteiger partial charge in [-0.1, -0.05) is 20.3 Å². The van der Waals surface area contributed by atoms with E-state index in [2.05, 4.69) is 4.90 Å². The van der Waals surface area contributed by atoms with Crippen LogP contribution in [0.5, 0.6) is 0 Å². The highest BCUT2D eigenvalue weighted by molar-refractivity contribution is 5.72. The zero-order valence-electron chi connectivity index (χ0n) is 12.3. The molecule has 0 amide bonds. The van der Waals surface area contributed by atoms with Gasteiger partial charge in [-0.2, -0.15) is 0 Å². The molecule has 110 valence electrons. The Balaban J connectivity index is 1.98. The number of rotatable bonds is 4. The maximum absolute atomic E-state index is 12.0. The zero-order valence-corrected chi connectivity index (χ0v) is 12.3. The molecule has 1 saturated carbocycles. The highest BCUT2D eigenvalue weighted by Gasteiger charge is 2.38. The summed E-state index contributed by atoms with van der Waals surface area (Å²) in [4.78, 5) is 14.4. The van der Waals surface area contributed by atoms with Crippen LogP contribution < -0.4 is 0 Å². The topological polar surface area (TPSA) is 38.8 Å². The Labute approximate surface area is 116 Å². The van der Waals surface area contributed by atoms with Crippen molar-refractivity contribution in [3.63, 3.8) is 0 Å². The van der Waals surface area contributed by atoms with E-state index in [0.29, 0.717) is 0 Å². The van der Waals surface area contributed by atoms with Gasteiger partial charge in [-0.05, 0) is 25.7 Å². The molecule has 0 radical (unpaired) electrons. The third-order valence-electron chi connectivity index (χ3n) is 4.17. The lowest BCUT2D eigenvalue weighted by Gasteiger charge is -2.41. The summed E-state index contributed by atoms with van der Waals surface area (Å²) >= 11 is 0. The second-order valence-electron chi connectivity index (χ2n) is 6.21. The van der Waals surface area contributed by atoms with E-state index >= 15 is 0 Å². The first-order valence-corrected chi connectivity index (χ1v) is 7.64. The Kier molecular flexibility index (Phi) is 5.22. The van der Waals surface area contributed by atoms with Crippen LogP contribution in [0.1, 0.15) is 46.0 Å². The lowest BCUT2D eigenvalue weighted by molar-refractivity contribution is -0.171. The second-order valence-corrected chi connectivity index (χ2v) is 6.21. The monoisotopic (exact) mass is 269 g/mol. The minimum absolute atomic E-state index is 0.0384. The summed E-state index contributed by atoms with van der Waals surface area (Å²) in [5, 5.41) is 0. The Morgan fingerprint density at radius 2 is 1.84 bits per heavy atom. The van der Waals surface area contributed by atoms with Gasteiger partial charge in [0.1, 0.15) is 5.60 Å². The van der Waals surface area contributed by atoms with Crippen molar-refractivity contribution < 1.29 is 14.3 Å². The van der Waals surface area contributed by atoms with Gasteiger partial charge in [0.2, 0.25) is 0 Å². The minimum Gasteiger partial charge on any atom is -0.458 e. The van der Waals surface area contributed by atoms with E-state index in [4.69, 9.17) is 9.47 Å².